The van der Waals surface area contributed by atoms with E-state index >= 15 is 0 Å². The number of benzene rings is 2. The van der Waals surface area contributed by atoms with Crippen LogP contribution in [0.5, 0.6) is 5.75 Å². The van der Waals surface area contributed by atoms with Gasteiger partial charge in [0.1, 0.15) is 5.75 Å². The maximum absolute atomic E-state index is 12.5. The summed E-state index contributed by atoms with van der Waals surface area (Å²) in [5.41, 5.74) is 1.08. The molecule has 0 aliphatic carbocycles. The normalized spacial score (nSPS) is 14.8. The fourth-order valence-corrected chi connectivity index (χ4v) is 3.13. The minimum Gasteiger partial charge on any atom is -0.493 e. The molecule has 2 aromatic carbocycles. The maximum atomic E-state index is 12.5. The molecule has 5 heteroatoms. The summed E-state index contributed by atoms with van der Waals surface area (Å²) in [7, 11) is 0. The smallest absolute Gasteiger partial charge is 0.335 e. The molecule has 5 nitrogen and oxygen atoms in total. The molecule has 1 aliphatic rings. The van der Waals surface area contributed by atoms with Crippen molar-refractivity contribution in [1.82, 2.24) is 4.90 Å². The quantitative estimate of drug-likeness (QED) is 0.866. The highest BCUT2D eigenvalue weighted by Gasteiger charge is 2.23. The molecule has 136 valence electrons. The van der Waals surface area contributed by atoms with E-state index in [1.807, 2.05) is 35.2 Å². The number of likely N-dealkylation sites (tertiary alicyclic amines) is 1. The van der Waals surface area contributed by atoms with Crippen molar-refractivity contribution in [2.45, 2.75) is 19.3 Å². The molecule has 1 amide bonds. The van der Waals surface area contributed by atoms with Gasteiger partial charge in [-0.05, 0) is 48.6 Å². The standard InChI is InChI=1S/C21H23NO4/c23-20(14-16-6-8-18(9-7-16)21(24)25)22-12-10-17(11-13-22)15-26-19-4-2-1-3-5-19/h1-9,17H,10-15H2,(H,24,25). The molecule has 0 radical (unpaired) electrons. The van der Waals surface area contributed by atoms with Gasteiger partial charge in [-0.3, -0.25) is 4.79 Å². The van der Waals surface area contributed by atoms with Crippen molar-refractivity contribution in [3.05, 3.63) is 65.7 Å². The molecule has 0 bridgehead atoms. The third-order valence-corrected chi connectivity index (χ3v) is 4.75. The van der Waals surface area contributed by atoms with Gasteiger partial charge in [-0.2, -0.15) is 0 Å². The number of hydrogen-bond acceptors (Lipinski definition) is 3. The van der Waals surface area contributed by atoms with Gasteiger partial charge in [-0.1, -0.05) is 30.3 Å². The Labute approximate surface area is 153 Å². The van der Waals surface area contributed by atoms with Crippen LogP contribution in [0.1, 0.15) is 28.8 Å². The van der Waals surface area contributed by atoms with E-state index in [0.29, 0.717) is 18.9 Å². The van der Waals surface area contributed by atoms with Gasteiger partial charge < -0.3 is 14.7 Å². The Morgan fingerprint density at radius 3 is 2.27 bits per heavy atom. The lowest BCUT2D eigenvalue weighted by molar-refractivity contribution is -0.132. The molecule has 0 aromatic heterocycles. The predicted octanol–water partition coefficient (Wildman–Crippen LogP) is 3.24. The summed E-state index contributed by atoms with van der Waals surface area (Å²) < 4.78 is 5.82. The number of piperidine rings is 1. The number of carboxylic acids is 1. The van der Waals surface area contributed by atoms with Crippen LogP contribution in [0, 0.1) is 5.92 Å². The summed E-state index contributed by atoms with van der Waals surface area (Å²) >= 11 is 0. The van der Waals surface area contributed by atoms with Gasteiger partial charge in [-0.25, -0.2) is 4.79 Å². The Hall–Kier alpha value is -2.82. The van der Waals surface area contributed by atoms with Crippen LogP contribution < -0.4 is 4.74 Å². The molecular formula is C21H23NO4. The van der Waals surface area contributed by atoms with Gasteiger partial charge in [-0.15, -0.1) is 0 Å². The lowest BCUT2D eigenvalue weighted by Crippen LogP contribution is -2.40. The van der Waals surface area contributed by atoms with Crippen LogP contribution in [0.2, 0.25) is 0 Å². The zero-order chi connectivity index (χ0) is 18.4. The van der Waals surface area contributed by atoms with Crippen LogP contribution in [0.4, 0.5) is 0 Å². The van der Waals surface area contributed by atoms with Crippen molar-refractivity contribution in [2.24, 2.45) is 5.92 Å². The molecule has 1 aliphatic heterocycles. The molecule has 0 saturated carbocycles. The number of rotatable bonds is 6. The second-order valence-corrected chi connectivity index (χ2v) is 6.63. The lowest BCUT2D eigenvalue weighted by atomic mass is 9.97. The first-order valence-electron chi connectivity index (χ1n) is 8.89. The number of ether oxygens (including phenoxy) is 1. The first-order valence-corrected chi connectivity index (χ1v) is 8.89. The number of carbonyl (C=O) groups excluding carboxylic acids is 1. The Kier molecular flexibility index (Phi) is 5.89. The molecule has 1 N–H and O–H groups in total. The fraction of sp³-hybridized carbons (Fsp3) is 0.333. The van der Waals surface area contributed by atoms with Crippen LogP contribution in [-0.2, 0) is 11.2 Å². The van der Waals surface area contributed by atoms with E-state index in [-0.39, 0.29) is 11.5 Å². The number of hydrogen-bond donors (Lipinski definition) is 1. The van der Waals surface area contributed by atoms with Crippen molar-refractivity contribution < 1.29 is 19.4 Å². The van der Waals surface area contributed by atoms with Gasteiger partial charge in [0.2, 0.25) is 5.91 Å². The van der Waals surface area contributed by atoms with Gasteiger partial charge in [0.05, 0.1) is 18.6 Å². The lowest BCUT2D eigenvalue weighted by Gasteiger charge is -2.32. The third kappa shape index (κ3) is 4.85. The van der Waals surface area contributed by atoms with E-state index in [0.717, 1.165) is 37.2 Å². The van der Waals surface area contributed by atoms with Crippen molar-refractivity contribution in [3.8, 4) is 5.75 Å². The molecule has 3 rings (SSSR count). The fourth-order valence-electron chi connectivity index (χ4n) is 3.13. The van der Waals surface area contributed by atoms with Crippen molar-refractivity contribution in [2.75, 3.05) is 19.7 Å². The summed E-state index contributed by atoms with van der Waals surface area (Å²) in [4.78, 5) is 25.2. The van der Waals surface area contributed by atoms with Crippen molar-refractivity contribution in [3.63, 3.8) is 0 Å². The van der Waals surface area contributed by atoms with E-state index in [4.69, 9.17) is 9.84 Å². The van der Waals surface area contributed by atoms with Gasteiger partial charge in [0, 0.05) is 13.1 Å². The summed E-state index contributed by atoms with van der Waals surface area (Å²) in [6.07, 6.45) is 2.19. The molecule has 0 atom stereocenters. The number of nitrogens with zero attached hydrogens (tertiary/aromatic N) is 1. The van der Waals surface area contributed by atoms with Crippen LogP contribution >= 0.6 is 0 Å². The van der Waals surface area contributed by atoms with Crippen molar-refractivity contribution >= 4 is 11.9 Å². The zero-order valence-corrected chi connectivity index (χ0v) is 14.6. The Morgan fingerprint density at radius 2 is 1.65 bits per heavy atom. The van der Waals surface area contributed by atoms with Crippen LogP contribution in [-0.4, -0.2) is 41.6 Å². The Morgan fingerprint density at radius 1 is 1.00 bits per heavy atom. The monoisotopic (exact) mass is 353 g/mol. The van der Waals surface area contributed by atoms with Crippen molar-refractivity contribution in [1.29, 1.82) is 0 Å². The predicted molar refractivity (Wildman–Crippen MR) is 98.3 cm³/mol. The average Bonchev–Trinajstić information content (AvgIpc) is 2.68. The molecule has 0 unspecified atom stereocenters. The molecule has 1 heterocycles. The second kappa shape index (κ2) is 8.52. The average molecular weight is 353 g/mol. The SMILES string of the molecule is O=C(O)c1ccc(CC(=O)N2CCC(COc3ccccc3)CC2)cc1. The highest BCUT2D eigenvalue weighted by Crippen LogP contribution is 2.20. The van der Waals surface area contributed by atoms with E-state index in [9.17, 15) is 9.59 Å². The highest BCUT2D eigenvalue weighted by atomic mass is 16.5. The highest BCUT2D eigenvalue weighted by molar-refractivity contribution is 5.87. The van der Waals surface area contributed by atoms with Crippen LogP contribution in [0.25, 0.3) is 0 Å². The second-order valence-electron chi connectivity index (χ2n) is 6.63. The van der Waals surface area contributed by atoms with Gasteiger partial charge in [0.15, 0.2) is 0 Å². The minimum atomic E-state index is -0.956. The maximum Gasteiger partial charge on any atom is 0.335 e. The molecule has 1 saturated heterocycles. The molecule has 1 fully saturated rings. The van der Waals surface area contributed by atoms with E-state index in [1.54, 1.807) is 12.1 Å². The number of amides is 1. The minimum absolute atomic E-state index is 0.0931. The number of carboxylic acid groups (broad SMARTS) is 1. The Balaban J connectivity index is 1.43. The largest absolute Gasteiger partial charge is 0.493 e. The van der Waals surface area contributed by atoms with E-state index < -0.39 is 5.97 Å². The van der Waals surface area contributed by atoms with E-state index in [2.05, 4.69) is 0 Å². The molecule has 26 heavy (non-hydrogen) atoms. The molecule has 0 spiro atoms. The van der Waals surface area contributed by atoms with Gasteiger partial charge in [0.25, 0.3) is 0 Å². The summed E-state index contributed by atoms with van der Waals surface area (Å²) in [6, 6.07) is 16.3. The first kappa shape index (κ1) is 18.0. The number of para-hydroxylation sites is 1. The number of carbonyl (C=O) groups is 2. The zero-order valence-electron chi connectivity index (χ0n) is 14.6. The van der Waals surface area contributed by atoms with Crippen LogP contribution in [0.15, 0.2) is 54.6 Å². The topological polar surface area (TPSA) is 66.8 Å². The van der Waals surface area contributed by atoms with Gasteiger partial charge >= 0.3 is 5.97 Å². The van der Waals surface area contributed by atoms with Crippen LogP contribution in [0.3, 0.4) is 0 Å². The molecular weight excluding hydrogens is 330 g/mol. The first-order chi connectivity index (χ1) is 12.6. The summed E-state index contributed by atoms with van der Waals surface area (Å²) in [6.45, 7) is 2.17. The summed E-state index contributed by atoms with van der Waals surface area (Å²) in [5.74, 6) is 0.489. The molecule has 2 aromatic rings. The van der Waals surface area contributed by atoms with E-state index in [1.165, 1.54) is 12.1 Å². The number of aromatic carboxylic acids is 1. The summed E-state index contributed by atoms with van der Waals surface area (Å²) in [5, 5.41) is 8.92. The Bertz CT molecular complexity index is 734. The third-order valence-electron chi connectivity index (χ3n) is 4.75.